The van der Waals surface area contributed by atoms with Crippen LogP contribution in [0.3, 0.4) is 0 Å². The van der Waals surface area contributed by atoms with Crippen LogP contribution in [0.15, 0.2) is 53.0 Å². The molecule has 1 N–H and O–H groups in total. The zero-order valence-corrected chi connectivity index (χ0v) is 11.2. The van der Waals surface area contributed by atoms with E-state index in [0.29, 0.717) is 5.75 Å². The number of para-hydroxylation sites is 1. The third-order valence-corrected chi connectivity index (χ3v) is 3.35. The van der Waals surface area contributed by atoms with Gasteiger partial charge in [-0.05, 0) is 48.6 Å². The number of rotatable bonds is 4. The molecule has 0 unspecified atom stereocenters. The van der Waals surface area contributed by atoms with E-state index in [1.807, 2.05) is 18.2 Å². The van der Waals surface area contributed by atoms with Crippen molar-refractivity contribution in [2.75, 3.05) is 0 Å². The number of phenolic OH excluding ortho intramolecular Hbond substituents is 1. The standard InChI is InChI=1S/C15H15BrO/c16-14-10-8-12(9-11-14)4-3-6-13-5-1-2-7-15(13)17/h1-2,5,7-11,17H,3-4,6H2. The fraction of sp³-hybridized carbons (Fsp3) is 0.200. The van der Waals surface area contributed by atoms with Crippen LogP contribution in [0.4, 0.5) is 0 Å². The largest absolute Gasteiger partial charge is 0.508 e. The Balaban J connectivity index is 1.88. The molecule has 0 aliphatic heterocycles. The monoisotopic (exact) mass is 290 g/mol. The van der Waals surface area contributed by atoms with Crippen LogP contribution < -0.4 is 0 Å². The third kappa shape index (κ3) is 3.60. The second kappa shape index (κ2) is 5.87. The van der Waals surface area contributed by atoms with Crippen molar-refractivity contribution in [2.24, 2.45) is 0 Å². The number of aryl methyl sites for hydroxylation is 2. The highest BCUT2D eigenvalue weighted by molar-refractivity contribution is 9.10. The normalized spacial score (nSPS) is 10.4. The minimum Gasteiger partial charge on any atom is -0.508 e. The van der Waals surface area contributed by atoms with E-state index >= 15 is 0 Å². The Morgan fingerprint density at radius 3 is 2.29 bits per heavy atom. The summed E-state index contributed by atoms with van der Waals surface area (Å²) in [6.07, 6.45) is 3.02. The van der Waals surface area contributed by atoms with Gasteiger partial charge >= 0.3 is 0 Å². The Kier molecular flexibility index (Phi) is 4.21. The molecule has 2 aromatic rings. The molecule has 88 valence electrons. The third-order valence-electron chi connectivity index (χ3n) is 2.82. The van der Waals surface area contributed by atoms with Crippen molar-refractivity contribution < 1.29 is 5.11 Å². The molecule has 2 rings (SSSR count). The molecule has 0 spiro atoms. The molecule has 2 aromatic carbocycles. The maximum Gasteiger partial charge on any atom is 0.118 e. The van der Waals surface area contributed by atoms with Crippen LogP contribution >= 0.6 is 15.9 Å². The topological polar surface area (TPSA) is 20.2 Å². The Morgan fingerprint density at radius 1 is 0.882 bits per heavy atom. The van der Waals surface area contributed by atoms with Gasteiger partial charge in [-0.15, -0.1) is 0 Å². The Morgan fingerprint density at radius 2 is 1.59 bits per heavy atom. The van der Waals surface area contributed by atoms with Crippen molar-refractivity contribution in [3.05, 3.63) is 64.1 Å². The molecule has 0 amide bonds. The highest BCUT2D eigenvalue weighted by Gasteiger charge is 2.00. The van der Waals surface area contributed by atoms with Crippen molar-refractivity contribution in [3.63, 3.8) is 0 Å². The molecule has 0 saturated heterocycles. The van der Waals surface area contributed by atoms with E-state index in [9.17, 15) is 5.11 Å². The zero-order valence-electron chi connectivity index (χ0n) is 9.57. The number of aromatic hydroxyl groups is 1. The lowest BCUT2D eigenvalue weighted by Crippen LogP contribution is -1.90. The molecule has 1 nitrogen and oxygen atoms in total. The highest BCUT2D eigenvalue weighted by atomic mass is 79.9. The lowest BCUT2D eigenvalue weighted by Gasteiger charge is -2.04. The molecule has 0 heterocycles. The van der Waals surface area contributed by atoms with Crippen molar-refractivity contribution in [1.29, 1.82) is 0 Å². The van der Waals surface area contributed by atoms with Crippen molar-refractivity contribution >= 4 is 15.9 Å². The fourth-order valence-corrected chi connectivity index (χ4v) is 2.12. The average molecular weight is 291 g/mol. The van der Waals surface area contributed by atoms with Gasteiger partial charge in [0.15, 0.2) is 0 Å². The van der Waals surface area contributed by atoms with Crippen LogP contribution in [0.25, 0.3) is 0 Å². The van der Waals surface area contributed by atoms with Crippen LogP contribution in [0.1, 0.15) is 17.5 Å². The van der Waals surface area contributed by atoms with Gasteiger partial charge in [0.2, 0.25) is 0 Å². The van der Waals surface area contributed by atoms with Crippen molar-refractivity contribution in [3.8, 4) is 5.75 Å². The molecule has 0 aromatic heterocycles. The average Bonchev–Trinajstić information content (AvgIpc) is 2.34. The molecule has 0 atom stereocenters. The van der Waals surface area contributed by atoms with Gasteiger partial charge in [0, 0.05) is 4.47 Å². The summed E-state index contributed by atoms with van der Waals surface area (Å²) in [7, 11) is 0. The summed E-state index contributed by atoms with van der Waals surface area (Å²) in [5.41, 5.74) is 2.37. The Hall–Kier alpha value is -1.28. The molecule has 0 bridgehead atoms. The summed E-state index contributed by atoms with van der Waals surface area (Å²) in [5, 5.41) is 9.64. The molecule has 2 heteroatoms. The molecular formula is C15H15BrO. The summed E-state index contributed by atoms with van der Waals surface area (Å²) in [4.78, 5) is 0. The van der Waals surface area contributed by atoms with E-state index in [-0.39, 0.29) is 0 Å². The number of hydrogen-bond donors (Lipinski definition) is 1. The predicted octanol–water partition coefficient (Wildman–Crippen LogP) is 4.33. The van der Waals surface area contributed by atoms with E-state index in [1.165, 1.54) is 5.56 Å². The van der Waals surface area contributed by atoms with E-state index < -0.39 is 0 Å². The maximum atomic E-state index is 9.64. The van der Waals surface area contributed by atoms with Gasteiger partial charge in [-0.3, -0.25) is 0 Å². The van der Waals surface area contributed by atoms with Gasteiger partial charge in [0.1, 0.15) is 5.75 Å². The van der Waals surface area contributed by atoms with Gasteiger partial charge in [0.25, 0.3) is 0 Å². The number of halogens is 1. The molecule has 0 aliphatic carbocycles. The van der Waals surface area contributed by atoms with Crippen LogP contribution in [-0.4, -0.2) is 5.11 Å². The van der Waals surface area contributed by atoms with Crippen molar-refractivity contribution in [1.82, 2.24) is 0 Å². The van der Waals surface area contributed by atoms with E-state index in [2.05, 4.69) is 40.2 Å². The van der Waals surface area contributed by atoms with Gasteiger partial charge in [0.05, 0.1) is 0 Å². The van der Waals surface area contributed by atoms with E-state index in [1.54, 1.807) is 6.07 Å². The van der Waals surface area contributed by atoms with Gasteiger partial charge in [-0.25, -0.2) is 0 Å². The van der Waals surface area contributed by atoms with Crippen molar-refractivity contribution in [2.45, 2.75) is 19.3 Å². The minimum absolute atomic E-state index is 0.406. The van der Waals surface area contributed by atoms with Gasteiger partial charge in [-0.1, -0.05) is 46.3 Å². The molecule has 0 aliphatic rings. The van der Waals surface area contributed by atoms with E-state index in [0.717, 1.165) is 29.3 Å². The van der Waals surface area contributed by atoms with Crippen LogP contribution in [0, 0.1) is 0 Å². The first kappa shape index (κ1) is 12.2. The summed E-state index contributed by atoms with van der Waals surface area (Å²) >= 11 is 3.43. The summed E-state index contributed by atoms with van der Waals surface area (Å²) in [6, 6.07) is 15.9. The van der Waals surface area contributed by atoms with Gasteiger partial charge < -0.3 is 5.11 Å². The minimum atomic E-state index is 0.406. The highest BCUT2D eigenvalue weighted by Crippen LogP contribution is 2.18. The first-order valence-corrected chi connectivity index (χ1v) is 6.56. The lowest BCUT2D eigenvalue weighted by molar-refractivity contribution is 0.467. The number of benzene rings is 2. The summed E-state index contributed by atoms with van der Waals surface area (Å²) < 4.78 is 1.11. The molecule has 0 fully saturated rings. The van der Waals surface area contributed by atoms with Crippen LogP contribution in [0.2, 0.25) is 0 Å². The zero-order chi connectivity index (χ0) is 12.1. The smallest absolute Gasteiger partial charge is 0.118 e. The fourth-order valence-electron chi connectivity index (χ4n) is 1.86. The second-order valence-electron chi connectivity index (χ2n) is 4.11. The number of phenols is 1. The molecule has 17 heavy (non-hydrogen) atoms. The van der Waals surface area contributed by atoms with Crippen LogP contribution in [-0.2, 0) is 12.8 Å². The maximum absolute atomic E-state index is 9.64. The molecular weight excluding hydrogens is 276 g/mol. The Bertz CT molecular complexity index is 477. The quantitative estimate of drug-likeness (QED) is 0.889. The Labute approximate surface area is 110 Å². The van der Waals surface area contributed by atoms with Gasteiger partial charge in [-0.2, -0.15) is 0 Å². The summed E-state index contributed by atoms with van der Waals surface area (Å²) in [6.45, 7) is 0. The first-order chi connectivity index (χ1) is 8.25. The SMILES string of the molecule is Oc1ccccc1CCCc1ccc(Br)cc1. The number of hydrogen-bond acceptors (Lipinski definition) is 1. The summed E-state index contributed by atoms with van der Waals surface area (Å²) in [5.74, 6) is 0.406. The first-order valence-electron chi connectivity index (χ1n) is 5.77. The molecule has 0 saturated carbocycles. The lowest BCUT2D eigenvalue weighted by atomic mass is 10.0. The predicted molar refractivity (Wildman–Crippen MR) is 74.3 cm³/mol. The van der Waals surface area contributed by atoms with Crippen LogP contribution in [0.5, 0.6) is 5.75 Å². The molecule has 0 radical (unpaired) electrons. The second-order valence-corrected chi connectivity index (χ2v) is 5.02. The van der Waals surface area contributed by atoms with E-state index in [4.69, 9.17) is 0 Å².